The van der Waals surface area contributed by atoms with Crippen molar-refractivity contribution in [3.63, 3.8) is 0 Å². The molecule has 0 saturated heterocycles. The summed E-state index contributed by atoms with van der Waals surface area (Å²) in [5.74, 6) is -20.0. The van der Waals surface area contributed by atoms with Gasteiger partial charge < -0.3 is 0 Å². The fraction of sp³-hybridized carbons (Fsp3) is 0.800. The highest BCUT2D eigenvalue weighted by Crippen LogP contribution is 2.61. The average molecular weight is 332 g/mol. The summed E-state index contributed by atoms with van der Waals surface area (Å²) in [6, 6.07) is 0. The van der Waals surface area contributed by atoms with Crippen LogP contribution < -0.4 is 0 Å². The van der Waals surface area contributed by atoms with Crippen LogP contribution in [0.15, 0.2) is 12.2 Å². The van der Waals surface area contributed by atoms with Crippen LogP contribution in [0.1, 0.15) is 6.42 Å². The maximum absolute atomic E-state index is 14.0. The lowest BCUT2D eigenvalue weighted by molar-refractivity contribution is -0.474. The van der Waals surface area contributed by atoms with Crippen LogP contribution in [-0.4, -0.2) is 30.0 Å². The molecule has 2 aliphatic carbocycles. The smallest absolute Gasteiger partial charge is 0.271 e. The monoisotopic (exact) mass is 332 g/mol. The van der Waals surface area contributed by atoms with Crippen molar-refractivity contribution in [1.29, 1.82) is 0 Å². The van der Waals surface area contributed by atoms with E-state index in [2.05, 4.69) is 4.74 Å². The Balaban J connectivity index is 2.35. The molecule has 0 aliphatic heterocycles. The number of ether oxygens (including phenoxy) is 1. The summed E-state index contributed by atoms with van der Waals surface area (Å²) in [5, 5.41) is 0. The van der Waals surface area contributed by atoms with E-state index in [1.54, 1.807) is 0 Å². The molecule has 3 atom stereocenters. The second-order valence-electron chi connectivity index (χ2n) is 4.79. The molecule has 0 N–H and O–H groups in total. The van der Waals surface area contributed by atoms with E-state index in [0.29, 0.717) is 6.08 Å². The number of hydrogen-bond acceptors (Lipinski definition) is 1. The Labute approximate surface area is 110 Å². The molecule has 1 fully saturated rings. The lowest BCUT2D eigenvalue weighted by Crippen LogP contribution is -2.60. The fourth-order valence-corrected chi connectivity index (χ4v) is 2.30. The number of rotatable bonds is 3. The standard InChI is InChI=1S/C10H6F10O/c11-6(12)4-1-2-5(3-4)7(6,13)21-10(19,20)8(14,15)9(16,17)18/h1-2,4-5H,3H2/t4-,5+,7-/m1/s1. The molecule has 2 aliphatic rings. The maximum atomic E-state index is 14.0. The van der Waals surface area contributed by atoms with E-state index >= 15 is 0 Å². The van der Waals surface area contributed by atoms with E-state index in [0.717, 1.165) is 6.08 Å². The summed E-state index contributed by atoms with van der Waals surface area (Å²) < 4.78 is 130. The molecule has 0 radical (unpaired) electrons. The minimum atomic E-state index is -6.82. The van der Waals surface area contributed by atoms with Gasteiger partial charge in [-0.25, -0.2) is 4.39 Å². The molecule has 0 aromatic carbocycles. The first-order chi connectivity index (χ1) is 9.17. The van der Waals surface area contributed by atoms with E-state index in [4.69, 9.17) is 0 Å². The molecule has 0 amide bonds. The highest BCUT2D eigenvalue weighted by atomic mass is 19.4. The third-order valence-corrected chi connectivity index (χ3v) is 3.48. The van der Waals surface area contributed by atoms with Crippen LogP contribution in [0.25, 0.3) is 0 Å². The van der Waals surface area contributed by atoms with Crippen molar-refractivity contribution in [3.05, 3.63) is 12.2 Å². The SMILES string of the molecule is FC(F)(F)C(F)(F)C(F)(F)O[C@]1(F)[C@H]2C=C[C@H](C2)C1(F)F. The molecule has 1 nitrogen and oxygen atoms in total. The molecule has 2 bridgehead atoms. The fourth-order valence-electron chi connectivity index (χ4n) is 2.30. The predicted molar refractivity (Wildman–Crippen MR) is 46.6 cm³/mol. The molecule has 11 heteroatoms. The van der Waals surface area contributed by atoms with Crippen molar-refractivity contribution in [2.45, 2.75) is 36.4 Å². The predicted octanol–water partition coefficient (Wildman–Crippen LogP) is 4.30. The van der Waals surface area contributed by atoms with Gasteiger partial charge in [0.15, 0.2) is 0 Å². The van der Waals surface area contributed by atoms with Crippen LogP contribution in [0, 0.1) is 11.8 Å². The van der Waals surface area contributed by atoms with Gasteiger partial charge in [-0.05, 0) is 6.42 Å². The lowest BCUT2D eigenvalue weighted by atomic mass is 9.97. The van der Waals surface area contributed by atoms with Crippen LogP contribution in [0.2, 0.25) is 0 Å². The molecule has 0 aromatic heterocycles. The zero-order valence-electron chi connectivity index (χ0n) is 9.70. The van der Waals surface area contributed by atoms with E-state index in [1.807, 2.05) is 0 Å². The van der Waals surface area contributed by atoms with Gasteiger partial charge in [0.2, 0.25) is 0 Å². The molecule has 0 heterocycles. The van der Waals surface area contributed by atoms with Crippen LogP contribution in [-0.2, 0) is 4.74 Å². The molecular weight excluding hydrogens is 326 g/mol. The van der Waals surface area contributed by atoms with Crippen molar-refractivity contribution >= 4 is 0 Å². The Bertz CT molecular complexity index is 467. The van der Waals surface area contributed by atoms with Crippen molar-refractivity contribution in [3.8, 4) is 0 Å². The van der Waals surface area contributed by atoms with Gasteiger partial charge in [-0.15, -0.1) is 0 Å². The van der Waals surface area contributed by atoms with Crippen LogP contribution in [0.5, 0.6) is 0 Å². The van der Waals surface area contributed by atoms with E-state index in [-0.39, 0.29) is 0 Å². The number of allylic oxidation sites excluding steroid dienone is 1. The third-order valence-electron chi connectivity index (χ3n) is 3.48. The van der Waals surface area contributed by atoms with Gasteiger partial charge in [0.1, 0.15) is 0 Å². The molecule has 1 saturated carbocycles. The van der Waals surface area contributed by atoms with Crippen molar-refractivity contribution in [2.24, 2.45) is 11.8 Å². The van der Waals surface area contributed by atoms with Crippen molar-refractivity contribution in [2.75, 3.05) is 0 Å². The van der Waals surface area contributed by atoms with Gasteiger partial charge in [0, 0.05) is 11.8 Å². The number of hydrogen-bond donors (Lipinski definition) is 0. The Morgan fingerprint density at radius 2 is 1.33 bits per heavy atom. The Kier molecular flexibility index (Phi) is 3.16. The summed E-state index contributed by atoms with van der Waals surface area (Å²) >= 11 is 0. The van der Waals surface area contributed by atoms with Gasteiger partial charge in [-0.2, -0.15) is 39.5 Å². The maximum Gasteiger partial charge on any atom is 0.462 e. The first-order valence-corrected chi connectivity index (χ1v) is 5.44. The van der Waals surface area contributed by atoms with E-state index in [9.17, 15) is 43.9 Å². The second kappa shape index (κ2) is 4.05. The van der Waals surface area contributed by atoms with Crippen molar-refractivity contribution in [1.82, 2.24) is 0 Å². The largest absolute Gasteiger partial charge is 0.462 e. The Morgan fingerprint density at radius 3 is 1.71 bits per heavy atom. The molecule has 0 spiro atoms. The minimum absolute atomic E-state index is 0.684. The van der Waals surface area contributed by atoms with Crippen molar-refractivity contribution < 1.29 is 48.6 Å². The number of fused-ring (bicyclic) bond motifs is 2. The van der Waals surface area contributed by atoms with Gasteiger partial charge >= 0.3 is 24.1 Å². The molecule has 122 valence electrons. The van der Waals surface area contributed by atoms with Crippen LogP contribution in [0.4, 0.5) is 43.9 Å². The summed E-state index contributed by atoms with van der Waals surface area (Å²) in [4.78, 5) is 0. The summed E-state index contributed by atoms with van der Waals surface area (Å²) in [6.07, 6.45) is -12.6. The highest BCUT2D eigenvalue weighted by Gasteiger charge is 2.81. The Hall–Kier alpha value is -1.00. The Morgan fingerprint density at radius 1 is 0.857 bits per heavy atom. The number of halogens is 10. The molecule has 0 unspecified atom stereocenters. The molecule has 2 rings (SSSR count). The second-order valence-corrected chi connectivity index (χ2v) is 4.79. The zero-order chi connectivity index (χ0) is 16.5. The molecule has 0 aromatic rings. The lowest BCUT2D eigenvalue weighted by Gasteiger charge is -2.38. The number of alkyl halides is 10. The topological polar surface area (TPSA) is 9.23 Å². The highest BCUT2D eigenvalue weighted by molar-refractivity contribution is 5.22. The van der Waals surface area contributed by atoms with Gasteiger partial charge in [-0.3, -0.25) is 4.74 Å². The normalized spacial score (nSPS) is 35.5. The van der Waals surface area contributed by atoms with E-state index < -0.39 is 48.2 Å². The first kappa shape index (κ1) is 16.4. The third kappa shape index (κ3) is 1.95. The van der Waals surface area contributed by atoms with Crippen LogP contribution >= 0.6 is 0 Å². The van der Waals surface area contributed by atoms with E-state index in [1.165, 1.54) is 0 Å². The first-order valence-electron chi connectivity index (χ1n) is 5.44. The minimum Gasteiger partial charge on any atom is -0.271 e. The zero-order valence-corrected chi connectivity index (χ0v) is 9.70. The summed E-state index contributed by atoms with van der Waals surface area (Å²) in [5.41, 5.74) is 0. The molecule has 21 heavy (non-hydrogen) atoms. The summed E-state index contributed by atoms with van der Waals surface area (Å²) in [6.45, 7) is 0. The van der Waals surface area contributed by atoms with Crippen LogP contribution in [0.3, 0.4) is 0 Å². The van der Waals surface area contributed by atoms with Gasteiger partial charge in [0.05, 0.1) is 0 Å². The summed E-state index contributed by atoms with van der Waals surface area (Å²) in [7, 11) is 0. The molecular formula is C10H6F10O. The van der Waals surface area contributed by atoms with Gasteiger partial charge in [0.25, 0.3) is 5.85 Å². The quantitative estimate of drug-likeness (QED) is 0.553. The van der Waals surface area contributed by atoms with Gasteiger partial charge in [-0.1, -0.05) is 12.2 Å². The average Bonchev–Trinajstić information content (AvgIpc) is 2.80.